The highest BCUT2D eigenvalue weighted by Gasteiger charge is 2.07. The van der Waals surface area contributed by atoms with Crippen molar-refractivity contribution in [3.05, 3.63) is 48.5 Å². The van der Waals surface area contributed by atoms with Crippen LogP contribution in [-0.2, 0) is 11.3 Å². The molecule has 3 N–H and O–H groups in total. The summed E-state index contributed by atoms with van der Waals surface area (Å²) in [6, 6.07) is 16.9. The Kier molecular flexibility index (Phi) is 9.31. The van der Waals surface area contributed by atoms with Gasteiger partial charge in [0.05, 0.1) is 12.6 Å². The summed E-state index contributed by atoms with van der Waals surface area (Å²) in [5, 5.41) is 11.2. The Morgan fingerprint density at radius 2 is 1.57 bits per heavy atom. The lowest BCUT2D eigenvalue weighted by Crippen LogP contribution is -2.17. The summed E-state index contributed by atoms with van der Waals surface area (Å²) in [4.78, 5) is 9.81. The van der Waals surface area contributed by atoms with Crippen molar-refractivity contribution in [3.8, 4) is 23.7 Å². The highest BCUT2D eigenvalue weighted by Crippen LogP contribution is 2.28. The first kappa shape index (κ1) is 22.9. The number of aliphatic hydroxyl groups is 1. The van der Waals surface area contributed by atoms with Gasteiger partial charge in [-0.2, -0.15) is 0 Å². The first-order valence-corrected chi connectivity index (χ1v) is 10.0. The monoisotopic (exact) mass is 404 g/mol. The van der Waals surface area contributed by atoms with Gasteiger partial charge in [-0.3, -0.25) is 0 Å². The number of carbonyl (C=O) groups is 1. The molecule has 3 aromatic rings. The lowest BCUT2D eigenvalue weighted by atomic mass is 10.2. The van der Waals surface area contributed by atoms with Gasteiger partial charge in [0.15, 0.2) is 0 Å². The third-order valence-electron chi connectivity index (χ3n) is 4.22. The molecule has 2 aromatic carbocycles. The molecule has 0 saturated carbocycles. The van der Waals surface area contributed by atoms with Crippen LogP contribution in [0, 0.1) is 23.7 Å². The molecule has 0 atom stereocenters. The van der Waals surface area contributed by atoms with Gasteiger partial charge in [-0.1, -0.05) is 48.2 Å². The Labute approximate surface area is 177 Å². The molecule has 3 rings (SSSR count). The SMILES string of the molecule is CC(C)OC(N)=O.OCCCCC#CC#CCn1c2ccccc2c2ccccc21. The van der Waals surface area contributed by atoms with Gasteiger partial charge in [0.1, 0.15) is 0 Å². The lowest BCUT2D eigenvalue weighted by Gasteiger charge is -2.01. The van der Waals surface area contributed by atoms with Crippen molar-refractivity contribution in [2.45, 2.75) is 45.8 Å². The van der Waals surface area contributed by atoms with Gasteiger partial charge < -0.3 is 20.1 Å². The average Bonchev–Trinajstić information content (AvgIpc) is 3.03. The first-order valence-electron chi connectivity index (χ1n) is 10.0. The van der Waals surface area contributed by atoms with Crippen LogP contribution < -0.4 is 5.73 Å². The van der Waals surface area contributed by atoms with Gasteiger partial charge in [-0.25, -0.2) is 4.79 Å². The smallest absolute Gasteiger partial charge is 0.404 e. The van der Waals surface area contributed by atoms with Crippen molar-refractivity contribution < 1.29 is 14.6 Å². The zero-order valence-electron chi connectivity index (χ0n) is 17.5. The normalized spacial score (nSPS) is 9.87. The molecule has 0 unspecified atom stereocenters. The summed E-state index contributed by atoms with van der Waals surface area (Å²) >= 11 is 0. The quantitative estimate of drug-likeness (QED) is 0.487. The van der Waals surface area contributed by atoms with Gasteiger partial charge >= 0.3 is 6.09 Å². The van der Waals surface area contributed by atoms with Crippen molar-refractivity contribution in [1.82, 2.24) is 4.57 Å². The fourth-order valence-electron chi connectivity index (χ4n) is 3.00. The second-order valence-corrected chi connectivity index (χ2v) is 6.89. The van der Waals surface area contributed by atoms with E-state index in [1.165, 1.54) is 21.8 Å². The number of rotatable bonds is 5. The van der Waals surface area contributed by atoms with Gasteiger partial charge in [0.2, 0.25) is 0 Å². The molecule has 0 aliphatic carbocycles. The number of nitrogens with two attached hydrogens (primary N) is 1. The summed E-state index contributed by atoms with van der Waals surface area (Å²) in [6.07, 6.45) is 1.72. The Bertz CT molecular complexity index is 1040. The Balaban J connectivity index is 0.000000396. The van der Waals surface area contributed by atoms with E-state index in [1.54, 1.807) is 13.8 Å². The van der Waals surface area contributed by atoms with Crippen LogP contribution in [0.2, 0.25) is 0 Å². The molecule has 0 saturated heterocycles. The van der Waals surface area contributed by atoms with Crippen molar-refractivity contribution in [1.29, 1.82) is 0 Å². The maximum absolute atomic E-state index is 9.81. The fourth-order valence-corrected chi connectivity index (χ4v) is 3.00. The van der Waals surface area contributed by atoms with Gasteiger partial charge in [0, 0.05) is 34.8 Å². The van der Waals surface area contributed by atoms with E-state index in [1.807, 2.05) is 0 Å². The molecule has 0 aliphatic rings. The number of carbonyl (C=O) groups excluding carboxylic acids is 1. The zero-order valence-corrected chi connectivity index (χ0v) is 17.5. The average molecular weight is 405 g/mol. The van der Waals surface area contributed by atoms with E-state index in [4.69, 9.17) is 5.11 Å². The topological polar surface area (TPSA) is 77.5 Å². The number of para-hydroxylation sites is 2. The maximum Gasteiger partial charge on any atom is 0.404 e. The first-order chi connectivity index (χ1) is 14.5. The number of fused-ring (bicyclic) bond motifs is 3. The number of hydrogen-bond acceptors (Lipinski definition) is 3. The standard InChI is InChI=1S/C21H19NO.C4H9NO2/c23-17-11-5-3-1-2-4-10-16-22-20-14-8-6-12-18(20)19-13-7-9-15-21(19)22;1-3(2)7-4(5)6/h6-9,12-15,23H,3,5,11,16-17H2;3H,1-2H3,(H2,5,6). The van der Waals surface area contributed by atoms with Crippen molar-refractivity contribution >= 4 is 27.9 Å². The number of primary amides is 1. The minimum absolute atomic E-state index is 0.0995. The maximum atomic E-state index is 9.81. The van der Waals surface area contributed by atoms with Crippen molar-refractivity contribution in [3.63, 3.8) is 0 Å². The summed E-state index contributed by atoms with van der Waals surface area (Å²) in [5.74, 6) is 12.0. The van der Waals surface area contributed by atoms with E-state index in [0.29, 0.717) is 6.54 Å². The molecule has 0 spiro atoms. The Morgan fingerprint density at radius 3 is 2.07 bits per heavy atom. The fraction of sp³-hybridized carbons (Fsp3) is 0.320. The van der Waals surface area contributed by atoms with E-state index in [2.05, 4.69) is 87.3 Å². The molecular weight excluding hydrogens is 376 g/mol. The van der Waals surface area contributed by atoms with Gasteiger partial charge in [-0.15, -0.1) is 0 Å². The van der Waals surface area contributed by atoms with Crippen LogP contribution in [0.4, 0.5) is 4.79 Å². The van der Waals surface area contributed by atoms with E-state index in [0.717, 1.165) is 19.3 Å². The largest absolute Gasteiger partial charge is 0.447 e. The lowest BCUT2D eigenvalue weighted by molar-refractivity contribution is 0.125. The van der Waals surface area contributed by atoms with Crippen LogP contribution in [0.15, 0.2) is 48.5 Å². The number of nitrogens with zero attached hydrogens (tertiary/aromatic N) is 1. The van der Waals surface area contributed by atoms with E-state index < -0.39 is 6.09 Å². The summed E-state index contributed by atoms with van der Waals surface area (Å²) in [5.41, 5.74) is 7.05. The molecule has 30 heavy (non-hydrogen) atoms. The van der Waals surface area contributed by atoms with Crippen LogP contribution in [0.3, 0.4) is 0 Å². The highest BCUT2D eigenvalue weighted by atomic mass is 16.6. The number of ether oxygens (including phenoxy) is 1. The molecule has 0 aliphatic heterocycles. The minimum atomic E-state index is -0.713. The highest BCUT2D eigenvalue weighted by molar-refractivity contribution is 6.08. The number of benzene rings is 2. The number of unbranched alkanes of at least 4 members (excludes halogenated alkanes) is 2. The summed E-state index contributed by atoms with van der Waals surface area (Å²) < 4.78 is 6.63. The summed E-state index contributed by atoms with van der Waals surface area (Å²) in [6.45, 7) is 4.36. The van der Waals surface area contributed by atoms with Crippen LogP contribution in [0.1, 0.15) is 33.1 Å². The molecule has 0 bridgehead atoms. The third-order valence-corrected chi connectivity index (χ3v) is 4.22. The molecular formula is C25H28N2O3. The van der Waals surface area contributed by atoms with Crippen LogP contribution >= 0.6 is 0 Å². The van der Waals surface area contributed by atoms with E-state index in [9.17, 15) is 4.79 Å². The van der Waals surface area contributed by atoms with Crippen molar-refractivity contribution in [2.75, 3.05) is 6.61 Å². The zero-order chi connectivity index (χ0) is 21.8. The molecule has 5 nitrogen and oxygen atoms in total. The van der Waals surface area contributed by atoms with Crippen LogP contribution in [0.25, 0.3) is 21.8 Å². The van der Waals surface area contributed by atoms with E-state index in [-0.39, 0.29) is 12.7 Å². The molecule has 156 valence electrons. The second-order valence-electron chi connectivity index (χ2n) is 6.89. The predicted octanol–water partition coefficient (Wildman–Crippen LogP) is 4.45. The molecule has 1 amide bonds. The molecule has 0 fully saturated rings. The number of aliphatic hydroxyl groups excluding tert-OH is 1. The number of amides is 1. The second kappa shape index (κ2) is 12.2. The van der Waals surface area contributed by atoms with Crippen LogP contribution in [0.5, 0.6) is 0 Å². The summed E-state index contributed by atoms with van der Waals surface area (Å²) in [7, 11) is 0. The van der Waals surface area contributed by atoms with Gasteiger partial charge in [0.25, 0.3) is 0 Å². The van der Waals surface area contributed by atoms with Crippen molar-refractivity contribution in [2.24, 2.45) is 5.73 Å². The van der Waals surface area contributed by atoms with Gasteiger partial charge in [-0.05, 0) is 50.7 Å². The molecule has 5 heteroatoms. The molecule has 1 heterocycles. The van der Waals surface area contributed by atoms with E-state index >= 15 is 0 Å². The molecule has 0 radical (unpaired) electrons. The number of hydrogen-bond donors (Lipinski definition) is 2. The Morgan fingerprint density at radius 1 is 1.00 bits per heavy atom. The third kappa shape index (κ3) is 6.88. The Hall–Kier alpha value is -3.41. The predicted molar refractivity (Wildman–Crippen MR) is 122 cm³/mol. The van der Waals surface area contributed by atoms with Crippen LogP contribution in [-0.4, -0.2) is 28.5 Å². The minimum Gasteiger partial charge on any atom is -0.447 e. The molecule has 1 aromatic heterocycles. The number of aromatic nitrogens is 1.